The molecule has 2 aromatic rings. The standard InChI is InChI=1S/C24H25FN2O4/c1-14-12-16-13-15(8-9-19(16)31-14)22(28)20-21(17-6-4-5-7-18(17)25)27(11-10-26(2)3)24(30)23(20)29/h4-9,13-14,21,28H,10-12H2,1-3H3. The van der Waals surface area contributed by atoms with Crippen molar-refractivity contribution in [3.8, 4) is 5.75 Å². The number of hydrogen-bond donors (Lipinski definition) is 1. The summed E-state index contributed by atoms with van der Waals surface area (Å²) in [5.74, 6) is -2.02. The minimum Gasteiger partial charge on any atom is -0.872 e. The number of fused-ring (bicyclic) bond motifs is 1. The number of Topliss-reactive ketones (excluding diaryl/α,β-unsaturated/α-hetero) is 1. The Balaban J connectivity index is 1.84. The van der Waals surface area contributed by atoms with E-state index in [-0.39, 0.29) is 23.8 Å². The molecule has 1 amide bonds. The summed E-state index contributed by atoms with van der Waals surface area (Å²) in [5.41, 5.74) is 1.13. The topological polar surface area (TPSA) is 74.1 Å². The third-order valence-corrected chi connectivity index (χ3v) is 5.74. The van der Waals surface area contributed by atoms with Crippen LogP contribution in [0.3, 0.4) is 0 Å². The molecule has 1 N–H and O–H groups in total. The number of ether oxygens (including phenoxy) is 1. The second-order valence-electron chi connectivity index (χ2n) is 8.41. The Hall–Kier alpha value is -3.19. The van der Waals surface area contributed by atoms with Gasteiger partial charge in [-0.05, 0) is 36.2 Å². The summed E-state index contributed by atoms with van der Waals surface area (Å²) in [7, 11) is 3.84. The van der Waals surface area contributed by atoms with Gasteiger partial charge in [0.15, 0.2) is 0 Å². The fraction of sp³-hybridized carbons (Fsp3) is 0.333. The molecule has 1 fully saturated rings. The van der Waals surface area contributed by atoms with E-state index in [2.05, 4.69) is 0 Å². The number of nitrogens with zero attached hydrogens (tertiary/aromatic N) is 1. The molecule has 2 heterocycles. The summed E-state index contributed by atoms with van der Waals surface area (Å²) < 4.78 is 20.4. The molecule has 2 aromatic carbocycles. The van der Waals surface area contributed by atoms with Gasteiger partial charge >= 0.3 is 0 Å². The molecule has 0 saturated carbocycles. The van der Waals surface area contributed by atoms with E-state index in [1.807, 2.05) is 21.0 Å². The van der Waals surface area contributed by atoms with Crippen molar-refractivity contribution in [3.63, 3.8) is 0 Å². The van der Waals surface area contributed by atoms with Gasteiger partial charge in [-0.1, -0.05) is 30.0 Å². The van der Waals surface area contributed by atoms with Crippen LogP contribution in [0.4, 0.5) is 4.39 Å². The molecule has 1 saturated heterocycles. The lowest BCUT2D eigenvalue weighted by Gasteiger charge is -2.28. The summed E-state index contributed by atoms with van der Waals surface area (Å²) in [4.78, 5) is 28.2. The van der Waals surface area contributed by atoms with E-state index >= 15 is 0 Å². The molecule has 2 aliphatic rings. The van der Waals surface area contributed by atoms with E-state index in [9.17, 15) is 19.1 Å². The monoisotopic (exact) mass is 424 g/mol. The predicted octanol–water partition coefficient (Wildman–Crippen LogP) is 0.518. The maximum atomic E-state index is 14.7. The Kier molecular flexibility index (Phi) is 5.54. The number of ketones is 1. The van der Waals surface area contributed by atoms with Crippen LogP contribution >= 0.6 is 0 Å². The Bertz CT molecular complexity index is 1080. The maximum absolute atomic E-state index is 14.7. The van der Waals surface area contributed by atoms with Gasteiger partial charge in [0.25, 0.3) is 5.91 Å². The quantitative estimate of drug-likeness (QED) is 0.432. The van der Waals surface area contributed by atoms with E-state index in [0.29, 0.717) is 24.3 Å². The van der Waals surface area contributed by atoms with Gasteiger partial charge in [-0.15, -0.1) is 0 Å². The molecule has 4 rings (SSSR count). The zero-order chi connectivity index (χ0) is 22.3. The molecular formula is C24H25FN2O4. The second kappa shape index (κ2) is 8.15. The summed E-state index contributed by atoms with van der Waals surface area (Å²) in [6, 6.07) is 9.93. The van der Waals surface area contributed by atoms with Crippen LogP contribution in [0.25, 0.3) is 5.76 Å². The van der Waals surface area contributed by atoms with Crippen molar-refractivity contribution in [3.05, 3.63) is 70.5 Å². The number of benzene rings is 2. The highest BCUT2D eigenvalue weighted by Crippen LogP contribution is 2.40. The molecule has 2 unspecified atom stereocenters. The van der Waals surface area contributed by atoms with Crippen molar-refractivity contribution in [1.29, 1.82) is 0 Å². The van der Waals surface area contributed by atoms with Gasteiger partial charge in [0.05, 0.1) is 33.2 Å². The van der Waals surface area contributed by atoms with Gasteiger partial charge < -0.3 is 19.6 Å². The molecule has 7 heteroatoms. The number of quaternary nitrogens is 1. The largest absolute Gasteiger partial charge is 0.872 e. The molecule has 31 heavy (non-hydrogen) atoms. The van der Waals surface area contributed by atoms with Crippen molar-refractivity contribution < 1.29 is 28.7 Å². The van der Waals surface area contributed by atoms with Crippen molar-refractivity contribution in [2.75, 3.05) is 27.2 Å². The SMILES string of the molecule is CC1Cc2cc(C([O-])=C3C(=O)C(=O)N(CC[NH+](C)C)C3c3ccccc3F)ccc2O1. The first-order chi connectivity index (χ1) is 14.8. The van der Waals surface area contributed by atoms with Gasteiger partial charge in [-0.25, -0.2) is 4.39 Å². The first-order valence-electron chi connectivity index (χ1n) is 10.4. The zero-order valence-corrected chi connectivity index (χ0v) is 17.8. The molecule has 0 bridgehead atoms. The predicted molar refractivity (Wildman–Crippen MR) is 111 cm³/mol. The van der Waals surface area contributed by atoms with E-state index in [0.717, 1.165) is 10.5 Å². The summed E-state index contributed by atoms with van der Waals surface area (Å²) in [6.07, 6.45) is 0.672. The Morgan fingerprint density at radius 3 is 2.68 bits per heavy atom. The van der Waals surface area contributed by atoms with Crippen molar-refractivity contribution in [2.45, 2.75) is 25.5 Å². The van der Waals surface area contributed by atoms with Crippen LogP contribution in [0.2, 0.25) is 0 Å². The summed E-state index contributed by atoms with van der Waals surface area (Å²) in [5, 5.41) is 13.5. The van der Waals surface area contributed by atoms with Gasteiger partial charge in [-0.3, -0.25) is 9.59 Å². The normalized spacial score (nSPS) is 22.2. The first-order valence-corrected chi connectivity index (χ1v) is 10.4. The first kappa shape index (κ1) is 21.1. The van der Waals surface area contributed by atoms with Crippen LogP contribution in [0.15, 0.2) is 48.0 Å². The van der Waals surface area contributed by atoms with Gasteiger partial charge in [0.1, 0.15) is 17.7 Å². The number of carbonyl (C=O) groups excluding carboxylic acids is 2. The van der Waals surface area contributed by atoms with Crippen LogP contribution in [-0.4, -0.2) is 49.9 Å². The van der Waals surface area contributed by atoms with Crippen molar-refractivity contribution in [1.82, 2.24) is 4.90 Å². The lowest BCUT2D eigenvalue weighted by Crippen LogP contribution is -3.06. The van der Waals surface area contributed by atoms with Gasteiger partial charge in [0, 0.05) is 17.6 Å². The average Bonchev–Trinajstić information content (AvgIpc) is 3.22. The van der Waals surface area contributed by atoms with Gasteiger partial charge in [0.2, 0.25) is 5.78 Å². The highest BCUT2D eigenvalue weighted by atomic mass is 19.1. The average molecular weight is 424 g/mol. The summed E-state index contributed by atoms with van der Waals surface area (Å²) >= 11 is 0. The number of halogens is 1. The molecule has 6 nitrogen and oxygen atoms in total. The molecule has 2 aliphatic heterocycles. The Morgan fingerprint density at radius 2 is 1.97 bits per heavy atom. The van der Waals surface area contributed by atoms with E-state index in [1.54, 1.807) is 24.3 Å². The highest BCUT2D eigenvalue weighted by Gasteiger charge is 2.45. The van der Waals surface area contributed by atoms with Crippen LogP contribution in [-0.2, 0) is 16.0 Å². The molecule has 0 aliphatic carbocycles. The van der Waals surface area contributed by atoms with Crippen LogP contribution in [0.5, 0.6) is 5.75 Å². The van der Waals surface area contributed by atoms with Crippen LogP contribution < -0.4 is 14.7 Å². The Morgan fingerprint density at radius 1 is 1.23 bits per heavy atom. The lowest BCUT2D eigenvalue weighted by atomic mass is 9.94. The third kappa shape index (κ3) is 3.81. The lowest BCUT2D eigenvalue weighted by molar-refractivity contribution is -0.857. The third-order valence-electron chi connectivity index (χ3n) is 5.74. The minimum absolute atomic E-state index is 0.0119. The second-order valence-corrected chi connectivity index (χ2v) is 8.41. The smallest absolute Gasteiger partial charge is 0.295 e. The zero-order valence-electron chi connectivity index (χ0n) is 17.8. The van der Waals surface area contributed by atoms with E-state index < -0.39 is 29.3 Å². The number of amides is 1. The Labute approximate surface area is 180 Å². The number of hydrogen-bond acceptors (Lipinski definition) is 4. The van der Waals surface area contributed by atoms with E-state index in [1.165, 1.54) is 23.1 Å². The number of nitrogens with one attached hydrogen (secondary N) is 1. The number of carbonyl (C=O) groups is 2. The van der Waals surface area contributed by atoms with Gasteiger partial charge in [-0.2, -0.15) is 0 Å². The number of likely N-dealkylation sites (N-methyl/N-ethyl adjacent to an activating group) is 1. The van der Waals surface area contributed by atoms with Crippen LogP contribution in [0.1, 0.15) is 29.7 Å². The molecule has 2 atom stereocenters. The summed E-state index contributed by atoms with van der Waals surface area (Å²) in [6.45, 7) is 2.73. The molecular weight excluding hydrogens is 399 g/mol. The number of rotatable bonds is 5. The molecule has 0 radical (unpaired) electrons. The van der Waals surface area contributed by atoms with E-state index in [4.69, 9.17) is 4.74 Å². The minimum atomic E-state index is -1.04. The van der Waals surface area contributed by atoms with Crippen molar-refractivity contribution in [2.24, 2.45) is 0 Å². The molecule has 0 aromatic heterocycles. The highest BCUT2D eigenvalue weighted by molar-refractivity contribution is 6.46. The number of likely N-dealkylation sites (tertiary alicyclic amines) is 1. The molecule has 162 valence electrons. The fourth-order valence-electron chi connectivity index (χ4n) is 4.18. The molecule has 0 spiro atoms. The van der Waals surface area contributed by atoms with Crippen LogP contribution in [0, 0.1) is 5.82 Å². The fourth-order valence-corrected chi connectivity index (χ4v) is 4.18. The maximum Gasteiger partial charge on any atom is 0.295 e. The van der Waals surface area contributed by atoms with Crippen molar-refractivity contribution >= 4 is 17.4 Å².